The molecule has 0 unspecified atom stereocenters. The molecule has 0 fully saturated rings. The molecule has 0 rings (SSSR count). The molecule has 0 aromatic rings. The van der Waals surface area contributed by atoms with E-state index in [1.807, 2.05) is 6.92 Å². The Labute approximate surface area is 37.9 Å². The average Bonchev–Trinajstić information content (AvgIpc) is 1.65. The van der Waals surface area contributed by atoms with Crippen LogP contribution in [-0.4, -0.2) is 12.8 Å². The van der Waals surface area contributed by atoms with Crippen LogP contribution in [0, 0.1) is 11.3 Å². The summed E-state index contributed by atoms with van der Waals surface area (Å²) >= 11 is 0. The summed E-state index contributed by atoms with van der Waals surface area (Å²) in [6.45, 7) is 2.50. The van der Waals surface area contributed by atoms with Gasteiger partial charge in [0.1, 0.15) is 0 Å². The number of hydrogen-bond donors (Lipinski definition) is 2. The number of nitrogens with two attached hydrogens (primary N) is 1. The Hall–Kier alpha value is -0.370. The SMILES string of the molecule is C[C@@H](C=N)CN. The van der Waals surface area contributed by atoms with Gasteiger partial charge in [0.15, 0.2) is 0 Å². The predicted octanol–water partition coefficient (Wildman–Crippen LogP) is 0.231. The van der Waals surface area contributed by atoms with Gasteiger partial charge in [0.25, 0.3) is 0 Å². The lowest BCUT2D eigenvalue weighted by molar-refractivity contribution is 0.795. The Morgan fingerprint density at radius 1 is 2.00 bits per heavy atom. The third kappa shape index (κ3) is 1.91. The summed E-state index contributed by atoms with van der Waals surface area (Å²) in [5, 5.41) is 6.60. The highest BCUT2D eigenvalue weighted by molar-refractivity contribution is 5.56. The fraction of sp³-hybridized carbons (Fsp3) is 0.750. The monoisotopic (exact) mass is 86.1 g/mol. The minimum atomic E-state index is 0.255. The topological polar surface area (TPSA) is 49.9 Å². The van der Waals surface area contributed by atoms with Crippen LogP contribution in [0.2, 0.25) is 0 Å². The normalized spacial score (nSPS) is 13.7. The van der Waals surface area contributed by atoms with E-state index in [2.05, 4.69) is 0 Å². The molecule has 0 heterocycles. The smallest absolute Gasteiger partial charge is 0.00297 e. The number of rotatable bonds is 2. The van der Waals surface area contributed by atoms with Crippen LogP contribution in [0.3, 0.4) is 0 Å². The summed E-state index contributed by atoms with van der Waals surface area (Å²) in [7, 11) is 0. The van der Waals surface area contributed by atoms with E-state index in [4.69, 9.17) is 11.1 Å². The summed E-state index contributed by atoms with van der Waals surface area (Å²) in [4.78, 5) is 0. The van der Waals surface area contributed by atoms with Gasteiger partial charge in [0.05, 0.1) is 0 Å². The van der Waals surface area contributed by atoms with Crippen LogP contribution in [0.25, 0.3) is 0 Å². The van der Waals surface area contributed by atoms with E-state index in [9.17, 15) is 0 Å². The first-order chi connectivity index (χ1) is 2.81. The van der Waals surface area contributed by atoms with Crippen molar-refractivity contribution < 1.29 is 0 Å². The zero-order chi connectivity index (χ0) is 4.99. The van der Waals surface area contributed by atoms with Crippen LogP contribution in [0.5, 0.6) is 0 Å². The van der Waals surface area contributed by atoms with Gasteiger partial charge in [0, 0.05) is 5.92 Å². The minimum Gasteiger partial charge on any atom is -0.330 e. The Balaban J connectivity index is 2.96. The van der Waals surface area contributed by atoms with E-state index >= 15 is 0 Å². The van der Waals surface area contributed by atoms with E-state index in [1.54, 1.807) is 0 Å². The van der Waals surface area contributed by atoms with Crippen molar-refractivity contribution in [1.29, 1.82) is 5.41 Å². The van der Waals surface area contributed by atoms with Gasteiger partial charge in [-0.15, -0.1) is 0 Å². The molecule has 1 atom stereocenters. The second kappa shape index (κ2) is 2.85. The van der Waals surface area contributed by atoms with Crippen LogP contribution in [0.1, 0.15) is 6.92 Å². The zero-order valence-corrected chi connectivity index (χ0v) is 3.94. The van der Waals surface area contributed by atoms with Crippen molar-refractivity contribution in [3.63, 3.8) is 0 Å². The molecule has 0 aliphatic rings. The van der Waals surface area contributed by atoms with Gasteiger partial charge in [-0.05, 0) is 12.8 Å². The maximum absolute atomic E-state index is 6.60. The third-order valence-electron chi connectivity index (χ3n) is 0.656. The molecular weight excluding hydrogens is 76.1 g/mol. The Bertz CT molecular complexity index is 42.8. The predicted molar refractivity (Wildman–Crippen MR) is 27.0 cm³/mol. The molecule has 2 nitrogen and oxygen atoms in total. The average molecular weight is 86.1 g/mol. The highest BCUT2D eigenvalue weighted by Crippen LogP contribution is 1.79. The summed E-state index contributed by atoms with van der Waals surface area (Å²) in [5.41, 5.74) is 5.13. The summed E-state index contributed by atoms with van der Waals surface area (Å²) < 4.78 is 0. The van der Waals surface area contributed by atoms with E-state index in [0.29, 0.717) is 6.54 Å². The lowest BCUT2D eigenvalue weighted by Gasteiger charge is -1.92. The molecule has 0 saturated heterocycles. The van der Waals surface area contributed by atoms with Gasteiger partial charge in [0.2, 0.25) is 0 Å². The van der Waals surface area contributed by atoms with Crippen LogP contribution < -0.4 is 5.73 Å². The van der Waals surface area contributed by atoms with Crippen LogP contribution in [0.4, 0.5) is 0 Å². The van der Waals surface area contributed by atoms with Gasteiger partial charge in [-0.3, -0.25) is 0 Å². The van der Waals surface area contributed by atoms with Gasteiger partial charge in [-0.25, -0.2) is 0 Å². The first kappa shape index (κ1) is 5.63. The molecule has 0 aromatic carbocycles. The molecule has 3 N–H and O–H groups in total. The lowest BCUT2D eigenvalue weighted by atomic mass is 10.2. The molecule has 0 bridgehead atoms. The molecule has 0 amide bonds. The molecule has 0 aliphatic heterocycles. The Kier molecular flexibility index (Phi) is 2.67. The molecule has 0 spiro atoms. The highest BCUT2D eigenvalue weighted by atomic mass is 14.5. The molecule has 36 valence electrons. The quantitative estimate of drug-likeness (QED) is 0.464. The highest BCUT2D eigenvalue weighted by Gasteiger charge is 1.86. The first-order valence-corrected chi connectivity index (χ1v) is 2.02. The third-order valence-corrected chi connectivity index (χ3v) is 0.656. The van der Waals surface area contributed by atoms with Crippen molar-refractivity contribution in [2.24, 2.45) is 11.7 Å². The fourth-order valence-electron chi connectivity index (χ4n) is 0.0680. The largest absolute Gasteiger partial charge is 0.330 e. The maximum Gasteiger partial charge on any atom is 0.00297 e. The zero-order valence-electron chi connectivity index (χ0n) is 3.94. The number of hydrogen-bond acceptors (Lipinski definition) is 2. The standard InChI is InChI=1S/C4H10N2/c1-4(2-5)3-6/h2,4-5H,3,6H2,1H3/t4-/m0/s1. The van der Waals surface area contributed by atoms with E-state index in [-0.39, 0.29) is 5.92 Å². The van der Waals surface area contributed by atoms with Crippen molar-refractivity contribution in [1.82, 2.24) is 0 Å². The molecule has 6 heavy (non-hydrogen) atoms. The van der Waals surface area contributed by atoms with Crippen molar-refractivity contribution >= 4 is 6.21 Å². The molecule has 0 aromatic heterocycles. The first-order valence-electron chi connectivity index (χ1n) is 2.02. The lowest BCUT2D eigenvalue weighted by Crippen LogP contribution is -2.10. The molecule has 2 heteroatoms. The minimum absolute atomic E-state index is 0.255. The Morgan fingerprint density at radius 3 is 2.50 bits per heavy atom. The van der Waals surface area contributed by atoms with Crippen molar-refractivity contribution in [2.45, 2.75) is 6.92 Å². The van der Waals surface area contributed by atoms with E-state index < -0.39 is 0 Å². The van der Waals surface area contributed by atoms with Crippen molar-refractivity contribution in [2.75, 3.05) is 6.54 Å². The molecule has 0 aliphatic carbocycles. The van der Waals surface area contributed by atoms with Crippen LogP contribution >= 0.6 is 0 Å². The van der Waals surface area contributed by atoms with Crippen LogP contribution in [0.15, 0.2) is 0 Å². The van der Waals surface area contributed by atoms with Gasteiger partial charge < -0.3 is 11.1 Å². The van der Waals surface area contributed by atoms with Crippen molar-refractivity contribution in [3.8, 4) is 0 Å². The second-order valence-corrected chi connectivity index (χ2v) is 1.38. The summed E-state index contributed by atoms with van der Waals surface area (Å²) in [5.74, 6) is 0.255. The number of nitrogens with one attached hydrogen (secondary N) is 1. The van der Waals surface area contributed by atoms with Crippen LogP contribution in [-0.2, 0) is 0 Å². The van der Waals surface area contributed by atoms with Crippen molar-refractivity contribution in [3.05, 3.63) is 0 Å². The van der Waals surface area contributed by atoms with Gasteiger partial charge in [-0.2, -0.15) is 0 Å². The Morgan fingerprint density at radius 2 is 2.50 bits per heavy atom. The summed E-state index contributed by atoms with van der Waals surface area (Å²) in [6.07, 6.45) is 1.35. The van der Waals surface area contributed by atoms with E-state index in [1.165, 1.54) is 6.21 Å². The van der Waals surface area contributed by atoms with E-state index in [0.717, 1.165) is 0 Å². The molecule has 0 radical (unpaired) electrons. The van der Waals surface area contributed by atoms with Gasteiger partial charge >= 0.3 is 0 Å². The second-order valence-electron chi connectivity index (χ2n) is 1.38. The summed E-state index contributed by atoms with van der Waals surface area (Å²) in [6, 6.07) is 0. The maximum atomic E-state index is 6.60. The molecule has 0 saturated carbocycles. The molecular formula is C4H10N2. The van der Waals surface area contributed by atoms with Gasteiger partial charge in [-0.1, -0.05) is 6.92 Å². The fourth-order valence-corrected chi connectivity index (χ4v) is 0.0680.